The SMILES string of the molecule is N#Cc1c(F)nc2ccc(F)c(F)c2c1F. The first kappa shape index (κ1) is 10.4. The first-order valence-electron chi connectivity index (χ1n) is 4.09. The van der Waals surface area contributed by atoms with Crippen molar-refractivity contribution in [1.29, 1.82) is 5.26 Å². The minimum atomic E-state index is -1.49. The molecule has 0 aliphatic heterocycles. The number of benzene rings is 1. The monoisotopic (exact) mass is 226 g/mol. The van der Waals surface area contributed by atoms with Gasteiger partial charge in [-0.15, -0.1) is 0 Å². The van der Waals surface area contributed by atoms with Crippen LogP contribution < -0.4 is 0 Å². The maximum Gasteiger partial charge on any atom is 0.234 e. The van der Waals surface area contributed by atoms with Crippen molar-refractivity contribution in [2.75, 3.05) is 0 Å². The Bertz CT molecular complexity index is 631. The summed E-state index contributed by atoms with van der Waals surface area (Å²) in [5, 5.41) is 7.61. The van der Waals surface area contributed by atoms with Gasteiger partial charge >= 0.3 is 0 Å². The molecule has 0 bridgehead atoms. The van der Waals surface area contributed by atoms with Crippen molar-refractivity contribution in [2.24, 2.45) is 0 Å². The summed E-state index contributed by atoms with van der Waals surface area (Å²) in [6, 6.07) is 2.84. The van der Waals surface area contributed by atoms with Crippen LogP contribution in [0.15, 0.2) is 12.1 Å². The van der Waals surface area contributed by atoms with Crippen molar-refractivity contribution in [1.82, 2.24) is 4.98 Å². The maximum absolute atomic E-state index is 13.5. The van der Waals surface area contributed by atoms with Crippen LogP contribution in [0.1, 0.15) is 5.56 Å². The molecule has 0 saturated carbocycles. The minimum absolute atomic E-state index is 0.382. The third-order valence-corrected chi connectivity index (χ3v) is 2.05. The van der Waals surface area contributed by atoms with Crippen molar-refractivity contribution < 1.29 is 17.6 Å². The molecular formula is C10H2F4N2. The number of fused-ring (bicyclic) bond motifs is 1. The predicted molar refractivity (Wildman–Crippen MR) is 46.3 cm³/mol. The average molecular weight is 226 g/mol. The molecule has 16 heavy (non-hydrogen) atoms. The van der Waals surface area contributed by atoms with E-state index in [0.717, 1.165) is 6.07 Å². The van der Waals surface area contributed by atoms with Gasteiger partial charge in [0, 0.05) is 0 Å². The number of pyridine rings is 1. The third-order valence-electron chi connectivity index (χ3n) is 2.05. The summed E-state index contributed by atoms with van der Waals surface area (Å²) in [7, 11) is 0. The Balaban J connectivity index is 3.02. The fourth-order valence-electron chi connectivity index (χ4n) is 1.31. The molecule has 2 nitrogen and oxygen atoms in total. The number of hydrogen-bond acceptors (Lipinski definition) is 2. The Morgan fingerprint density at radius 2 is 1.75 bits per heavy atom. The molecule has 1 aromatic carbocycles. The van der Waals surface area contributed by atoms with Crippen LogP contribution in [0.3, 0.4) is 0 Å². The van der Waals surface area contributed by atoms with Crippen molar-refractivity contribution >= 4 is 10.9 Å². The second kappa shape index (κ2) is 3.45. The van der Waals surface area contributed by atoms with Gasteiger partial charge in [0.1, 0.15) is 11.6 Å². The van der Waals surface area contributed by atoms with E-state index in [1.807, 2.05) is 0 Å². The maximum atomic E-state index is 13.5. The van der Waals surface area contributed by atoms with Crippen LogP contribution in [0.4, 0.5) is 17.6 Å². The molecule has 0 atom stereocenters. The number of rotatable bonds is 0. The molecular weight excluding hydrogens is 224 g/mol. The molecule has 80 valence electrons. The van der Waals surface area contributed by atoms with E-state index in [1.165, 1.54) is 6.07 Å². The van der Waals surface area contributed by atoms with Gasteiger partial charge in [-0.1, -0.05) is 0 Å². The van der Waals surface area contributed by atoms with E-state index in [-0.39, 0.29) is 5.52 Å². The summed E-state index contributed by atoms with van der Waals surface area (Å²) in [4.78, 5) is 3.17. The zero-order chi connectivity index (χ0) is 11.9. The normalized spacial score (nSPS) is 10.4. The Labute approximate surface area is 86.8 Å². The van der Waals surface area contributed by atoms with Crippen LogP contribution in [0, 0.1) is 34.7 Å². The highest BCUT2D eigenvalue weighted by Crippen LogP contribution is 2.25. The summed E-state index contributed by atoms with van der Waals surface area (Å²) in [6.45, 7) is 0. The summed E-state index contributed by atoms with van der Waals surface area (Å²) in [6.07, 6.45) is 0. The van der Waals surface area contributed by atoms with E-state index in [1.54, 1.807) is 0 Å². The van der Waals surface area contributed by atoms with Crippen LogP contribution in [0.2, 0.25) is 0 Å². The van der Waals surface area contributed by atoms with E-state index in [0.29, 0.717) is 6.07 Å². The largest absolute Gasteiger partial charge is 0.234 e. The van der Waals surface area contributed by atoms with Gasteiger partial charge in [0.15, 0.2) is 17.5 Å². The number of hydrogen-bond donors (Lipinski definition) is 0. The molecule has 6 heteroatoms. The van der Waals surface area contributed by atoms with Gasteiger partial charge in [-0.25, -0.2) is 18.2 Å². The standard InChI is InChI=1S/C10H2F4N2/c11-5-1-2-6-7(9(5)13)8(12)4(3-15)10(14)16-6/h1-2H. The molecule has 0 unspecified atom stereocenters. The molecule has 2 aromatic rings. The zero-order valence-electron chi connectivity index (χ0n) is 7.56. The van der Waals surface area contributed by atoms with Crippen LogP contribution in [-0.4, -0.2) is 4.98 Å². The van der Waals surface area contributed by atoms with Gasteiger partial charge in [0.05, 0.1) is 10.9 Å². The fourth-order valence-corrected chi connectivity index (χ4v) is 1.31. The van der Waals surface area contributed by atoms with Gasteiger partial charge in [-0.2, -0.15) is 9.65 Å². The Morgan fingerprint density at radius 1 is 1.06 bits per heavy atom. The highest BCUT2D eigenvalue weighted by atomic mass is 19.2. The van der Waals surface area contributed by atoms with Gasteiger partial charge in [-0.05, 0) is 12.1 Å². The zero-order valence-corrected chi connectivity index (χ0v) is 7.56. The number of halogens is 4. The highest BCUT2D eigenvalue weighted by molar-refractivity contribution is 5.81. The van der Waals surface area contributed by atoms with Crippen molar-refractivity contribution in [3.05, 3.63) is 41.1 Å². The summed E-state index contributed by atoms with van der Waals surface area (Å²) in [5.74, 6) is -5.57. The van der Waals surface area contributed by atoms with E-state index < -0.39 is 34.3 Å². The molecule has 0 spiro atoms. The van der Waals surface area contributed by atoms with Crippen LogP contribution in [0.5, 0.6) is 0 Å². The smallest absolute Gasteiger partial charge is 0.218 e. The number of aromatic nitrogens is 1. The van der Waals surface area contributed by atoms with Crippen molar-refractivity contribution in [3.63, 3.8) is 0 Å². The molecule has 1 aromatic heterocycles. The average Bonchev–Trinajstić information content (AvgIpc) is 2.24. The first-order valence-corrected chi connectivity index (χ1v) is 4.09. The molecule has 1 heterocycles. The second-order valence-corrected chi connectivity index (χ2v) is 2.96. The van der Waals surface area contributed by atoms with Gasteiger partial charge in [0.2, 0.25) is 5.95 Å². The quantitative estimate of drug-likeness (QED) is 0.511. The lowest BCUT2D eigenvalue weighted by molar-refractivity contribution is 0.507. The summed E-state index contributed by atoms with van der Waals surface area (Å²) in [5.41, 5.74) is -1.41. The molecule has 0 fully saturated rings. The third kappa shape index (κ3) is 1.29. The summed E-state index contributed by atoms with van der Waals surface area (Å²) >= 11 is 0. The topological polar surface area (TPSA) is 36.7 Å². The Morgan fingerprint density at radius 3 is 2.38 bits per heavy atom. The van der Waals surface area contributed by atoms with E-state index >= 15 is 0 Å². The fraction of sp³-hybridized carbons (Fsp3) is 0. The molecule has 0 aliphatic carbocycles. The molecule has 0 aliphatic rings. The molecule has 0 N–H and O–H groups in total. The van der Waals surface area contributed by atoms with E-state index in [4.69, 9.17) is 5.26 Å². The van der Waals surface area contributed by atoms with Crippen molar-refractivity contribution in [2.45, 2.75) is 0 Å². The lowest BCUT2D eigenvalue weighted by Crippen LogP contribution is -2.00. The lowest BCUT2D eigenvalue weighted by atomic mass is 10.1. The van der Waals surface area contributed by atoms with Gasteiger partial charge in [0.25, 0.3) is 0 Å². The number of nitriles is 1. The highest BCUT2D eigenvalue weighted by Gasteiger charge is 2.19. The minimum Gasteiger partial charge on any atom is -0.218 e. The second-order valence-electron chi connectivity index (χ2n) is 2.96. The number of nitrogens with zero attached hydrogens (tertiary/aromatic N) is 2. The first-order chi connectivity index (χ1) is 7.56. The van der Waals surface area contributed by atoms with Gasteiger partial charge < -0.3 is 0 Å². The van der Waals surface area contributed by atoms with Crippen molar-refractivity contribution in [3.8, 4) is 6.07 Å². The van der Waals surface area contributed by atoms with Gasteiger partial charge in [-0.3, -0.25) is 0 Å². The van der Waals surface area contributed by atoms with E-state index in [2.05, 4.69) is 4.98 Å². The lowest BCUT2D eigenvalue weighted by Gasteiger charge is -2.03. The molecule has 0 saturated heterocycles. The molecule has 2 rings (SSSR count). The Hall–Kier alpha value is -2.16. The van der Waals surface area contributed by atoms with Crippen LogP contribution in [-0.2, 0) is 0 Å². The Kier molecular flexibility index (Phi) is 2.23. The van der Waals surface area contributed by atoms with E-state index in [9.17, 15) is 17.6 Å². The summed E-state index contributed by atoms with van der Waals surface area (Å²) < 4.78 is 52.5. The van der Waals surface area contributed by atoms with Crippen LogP contribution in [0.25, 0.3) is 10.9 Å². The van der Waals surface area contributed by atoms with Crippen LogP contribution >= 0.6 is 0 Å². The predicted octanol–water partition coefficient (Wildman–Crippen LogP) is 2.66. The molecule has 0 amide bonds. The molecule has 0 radical (unpaired) electrons.